The average Bonchev–Trinajstić information content (AvgIpc) is 1.36. The summed E-state index contributed by atoms with van der Waals surface area (Å²) in [6, 6.07) is 0. The molecular formula is CBNO3. The highest BCUT2D eigenvalue weighted by molar-refractivity contribution is 6.54. The van der Waals surface area contributed by atoms with Crippen molar-refractivity contribution in [1.82, 2.24) is 0 Å². The smallest absolute Gasteiger partial charge is 0.257 e. The van der Waals surface area contributed by atoms with Crippen LogP contribution in [-0.4, -0.2) is 18.6 Å². The summed E-state index contributed by atoms with van der Waals surface area (Å²) in [6.45, 7) is 0. The van der Waals surface area contributed by atoms with Gasteiger partial charge in [-0.1, -0.05) is 0 Å². The minimum atomic E-state index is -1.52. The van der Waals surface area contributed by atoms with E-state index in [9.17, 15) is 4.79 Å². The molecule has 0 aliphatic carbocycles. The van der Waals surface area contributed by atoms with Crippen molar-refractivity contribution in [1.29, 1.82) is 0 Å². The Morgan fingerprint density at radius 2 is 2.00 bits per heavy atom. The number of nitrogens with zero attached hydrogens (tertiary/aromatic N) is 1. The lowest BCUT2D eigenvalue weighted by atomic mass is 10.1. The van der Waals surface area contributed by atoms with Crippen LogP contribution in [0.5, 0.6) is 0 Å². The number of nitro groups is 1. The first-order valence-electron chi connectivity index (χ1n) is 1.08. The Bertz CT molecular complexity index is 76.8. The fourth-order valence-corrected chi connectivity index (χ4v) is 0. The van der Waals surface area contributed by atoms with Gasteiger partial charge in [0, 0.05) is 0 Å². The Balaban J connectivity index is 3.57. The number of amides is 1. The molecule has 0 aliphatic heterocycles. The van der Waals surface area contributed by atoms with E-state index in [-0.39, 0.29) is 0 Å². The van der Waals surface area contributed by atoms with Gasteiger partial charge in [0.15, 0.2) is 0 Å². The minimum Gasteiger partial charge on any atom is -0.257 e. The Hall–Kier alpha value is -0.865. The van der Waals surface area contributed by atoms with Gasteiger partial charge in [0.2, 0.25) is 0 Å². The molecule has 0 aromatic carbocycles. The SMILES string of the molecule is [B]C(=O)[N+](=O)[O-]. The molecule has 0 rings (SSSR count). The molecule has 5 heteroatoms. The van der Waals surface area contributed by atoms with Crippen molar-refractivity contribution in [3.05, 3.63) is 10.1 Å². The molecule has 0 aromatic heterocycles. The third-order valence-corrected chi connectivity index (χ3v) is 0.180. The molecule has 0 saturated heterocycles. The predicted molar refractivity (Wildman–Crippen MR) is 18.1 cm³/mol. The van der Waals surface area contributed by atoms with Gasteiger partial charge in [-0.3, -0.25) is 10.1 Å². The van der Waals surface area contributed by atoms with Gasteiger partial charge in [0.25, 0.3) is 7.85 Å². The van der Waals surface area contributed by atoms with Crippen LogP contribution in [0.4, 0.5) is 4.79 Å². The number of rotatable bonds is 0. The molecule has 0 heterocycles. The first-order valence-corrected chi connectivity index (χ1v) is 1.08. The van der Waals surface area contributed by atoms with Crippen molar-refractivity contribution in [2.24, 2.45) is 0 Å². The normalized spacial score (nSPS) is 7.33. The lowest BCUT2D eigenvalue weighted by Gasteiger charge is -1.72. The zero-order valence-corrected chi connectivity index (χ0v) is 2.75. The van der Waals surface area contributed by atoms with Crippen molar-refractivity contribution in [3.8, 4) is 0 Å². The van der Waals surface area contributed by atoms with E-state index >= 15 is 0 Å². The molecule has 4 nitrogen and oxygen atoms in total. The standard InChI is InChI=1S/CBNO3/c2-1(4)3(5)6. The van der Waals surface area contributed by atoms with Crippen LogP contribution in [0.25, 0.3) is 0 Å². The van der Waals surface area contributed by atoms with Crippen molar-refractivity contribution in [2.75, 3.05) is 0 Å². The van der Waals surface area contributed by atoms with E-state index in [0.29, 0.717) is 0 Å². The van der Waals surface area contributed by atoms with Gasteiger partial charge in [0.05, 0.1) is 4.92 Å². The topological polar surface area (TPSA) is 60.2 Å². The van der Waals surface area contributed by atoms with E-state index in [2.05, 4.69) is 7.85 Å². The monoisotopic (exact) mass is 85.0 g/mol. The maximum absolute atomic E-state index is 9.22. The van der Waals surface area contributed by atoms with E-state index < -0.39 is 10.7 Å². The van der Waals surface area contributed by atoms with Crippen LogP contribution in [0.2, 0.25) is 0 Å². The van der Waals surface area contributed by atoms with Crippen LogP contribution in [0, 0.1) is 10.1 Å². The summed E-state index contributed by atoms with van der Waals surface area (Å²) >= 11 is 0. The highest BCUT2D eigenvalue weighted by Crippen LogP contribution is 1.63. The van der Waals surface area contributed by atoms with E-state index in [1.807, 2.05) is 0 Å². The zero-order chi connectivity index (χ0) is 5.15. The van der Waals surface area contributed by atoms with Crippen LogP contribution in [0.15, 0.2) is 0 Å². The van der Waals surface area contributed by atoms with Gasteiger partial charge < -0.3 is 0 Å². The largest absolute Gasteiger partial charge is 0.368 e. The molecule has 0 unspecified atom stereocenters. The molecule has 2 radical (unpaired) electrons. The molecule has 0 spiro atoms. The number of carbonyl (C=O) groups is 1. The molecule has 0 atom stereocenters. The Morgan fingerprint density at radius 1 is 1.83 bits per heavy atom. The molecule has 0 N–H and O–H groups in total. The van der Waals surface area contributed by atoms with Gasteiger partial charge in [-0.05, 0) is 0 Å². The molecule has 0 aliphatic rings. The van der Waals surface area contributed by atoms with Crippen molar-refractivity contribution in [2.45, 2.75) is 0 Å². The Labute approximate surface area is 34.7 Å². The molecule has 1 amide bonds. The first-order chi connectivity index (χ1) is 2.64. The van der Waals surface area contributed by atoms with Gasteiger partial charge in [-0.2, -0.15) is 0 Å². The average molecular weight is 84.8 g/mol. The second-order valence-corrected chi connectivity index (χ2v) is 0.595. The van der Waals surface area contributed by atoms with Crippen molar-refractivity contribution in [3.63, 3.8) is 0 Å². The maximum atomic E-state index is 9.22. The van der Waals surface area contributed by atoms with Crippen LogP contribution in [-0.2, 0) is 0 Å². The summed E-state index contributed by atoms with van der Waals surface area (Å²) in [6.07, 6.45) is 0. The van der Waals surface area contributed by atoms with Crippen molar-refractivity contribution < 1.29 is 9.72 Å². The zero-order valence-electron chi connectivity index (χ0n) is 2.75. The second kappa shape index (κ2) is 1.54. The van der Waals surface area contributed by atoms with E-state index in [1.165, 1.54) is 0 Å². The molecule has 0 bridgehead atoms. The van der Waals surface area contributed by atoms with E-state index in [0.717, 1.165) is 0 Å². The Morgan fingerprint density at radius 3 is 2.00 bits per heavy atom. The highest BCUT2D eigenvalue weighted by Gasteiger charge is 1.99. The van der Waals surface area contributed by atoms with Gasteiger partial charge in [-0.25, -0.2) is 4.79 Å². The number of carbonyl (C=O) groups excluding carboxylic acids is 1. The number of hydrogen-bond donors (Lipinski definition) is 0. The molecule has 0 fully saturated rings. The minimum absolute atomic E-state index is 1.19. The third kappa shape index (κ3) is 1.45. The summed E-state index contributed by atoms with van der Waals surface area (Å²) in [7, 11) is 4.10. The fourth-order valence-electron chi connectivity index (χ4n) is 0. The van der Waals surface area contributed by atoms with Crippen LogP contribution in [0.1, 0.15) is 0 Å². The lowest BCUT2D eigenvalue weighted by Crippen LogP contribution is -2.06. The van der Waals surface area contributed by atoms with Gasteiger partial charge in [0.1, 0.15) is 0 Å². The van der Waals surface area contributed by atoms with Crippen LogP contribution < -0.4 is 0 Å². The second-order valence-electron chi connectivity index (χ2n) is 0.595. The lowest BCUT2D eigenvalue weighted by molar-refractivity contribution is -0.362. The summed E-state index contributed by atoms with van der Waals surface area (Å²) < 4.78 is 0. The first kappa shape index (κ1) is 5.13. The number of hydrogen-bond acceptors (Lipinski definition) is 3. The Kier molecular flexibility index (Phi) is 1.32. The van der Waals surface area contributed by atoms with E-state index in [1.54, 1.807) is 0 Å². The summed E-state index contributed by atoms with van der Waals surface area (Å²) in [5, 5.41) is 9.03. The van der Waals surface area contributed by atoms with E-state index in [4.69, 9.17) is 10.1 Å². The fraction of sp³-hybridized carbons (Fsp3) is 0. The summed E-state index contributed by atoms with van der Waals surface area (Å²) in [5.41, 5.74) is 0. The summed E-state index contributed by atoms with van der Waals surface area (Å²) in [4.78, 5) is 17.1. The molecule has 0 aromatic rings. The quantitative estimate of drug-likeness (QED) is 0.227. The third-order valence-electron chi connectivity index (χ3n) is 0.180. The maximum Gasteiger partial charge on any atom is 0.368 e. The van der Waals surface area contributed by atoms with Crippen LogP contribution in [0.3, 0.4) is 0 Å². The highest BCUT2D eigenvalue weighted by atomic mass is 16.6. The molecular weight excluding hydrogens is 84.8 g/mol. The molecule has 6 heavy (non-hydrogen) atoms. The molecule has 30 valence electrons. The summed E-state index contributed by atoms with van der Waals surface area (Å²) in [5.74, 6) is -1.52. The predicted octanol–water partition coefficient (Wildman–Crippen LogP) is -0.448. The van der Waals surface area contributed by atoms with Crippen LogP contribution >= 0.6 is 0 Å². The van der Waals surface area contributed by atoms with Crippen molar-refractivity contribution >= 4 is 13.7 Å². The van der Waals surface area contributed by atoms with Gasteiger partial charge in [-0.15, -0.1) is 0 Å². The van der Waals surface area contributed by atoms with Gasteiger partial charge >= 0.3 is 5.81 Å². The molecule has 0 saturated carbocycles.